The first-order valence-electron chi connectivity index (χ1n) is 11.4. The van der Waals surface area contributed by atoms with Gasteiger partial charge < -0.3 is 19.9 Å². The molecule has 0 unspecified atom stereocenters. The van der Waals surface area contributed by atoms with Gasteiger partial charge in [-0.2, -0.15) is 0 Å². The van der Waals surface area contributed by atoms with Gasteiger partial charge in [0.2, 0.25) is 0 Å². The van der Waals surface area contributed by atoms with Crippen molar-refractivity contribution >= 4 is 33.9 Å². The van der Waals surface area contributed by atoms with Crippen molar-refractivity contribution in [2.45, 2.75) is 33.9 Å². The molecule has 0 saturated heterocycles. The fourth-order valence-electron chi connectivity index (χ4n) is 3.85. The Morgan fingerprint density at radius 3 is 2.38 bits per heavy atom. The summed E-state index contributed by atoms with van der Waals surface area (Å²) in [5, 5.41) is 4.88. The molecule has 0 aliphatic rings. The van der Waals surface area contributed by atoms with Crippen molar-refractivity contribution in [1.82, 2.24) is 9.88 Å². The second-order valence-electron chi connectivity index (χ2n) is 8.38. The largest absolute Gasteiger partial charge is 0.494 e. The normalized spacial score (nSPS) is 10.8. The Morgan fingerprint density at radius 1 is 0.971 bits per heavy atom. The van der Waals surface area contributed by atoms with Crippen LogP contribution in [-0.4, -0.2) is 21.6 Å². The number of aromatic nitrogens is 1. The second kappa shape index (κ2) is 10.5. The molecule has 6 heteroatoms. The average molecular weight is 472 g/mol. The Balaban J connectivity index is 1.62. The molecule has 0 bridgehead atoms. The van der Waals surface area contributed by atoms with Crippen molar-refractivity contribution in [3.05, 3.63) is 105 Å². The van der Waals surface area contributed by atoms with Crippen LogP contribution in [0.1, 0.15) is 29.2 Å². The van der Waals surface area contributed by atoms with Crippen LogP contribution in [-0.2, 0) is 13.1 Å². The Morgan fingerprint density at radius 2 is 1.68 bits per heavy atom. The lowest BCUT2D eigenvalue weighted by atomic mass is 10.0. The number of hydrogen-bond acceptors (Lipinski definition) is 3. The van der Waals surface area contributed by atoms with Gasteiger partial charge in [0, 0.05) is 23.3 Å². The van der Waals surface area contributed by atoms with E-state index in [2.05, 4.69) is 35.4 Å². The van der Waals surface area contributed by atoms with Crippen molar-refractivity contribution in [2.75, 3.05) is 11.9 Å². The van der Waals surface area contributed by atoms with E-state index in [0.717, 1.165) is 33.5 Å². The third-order valence-corrected chi connectivity index (χ3v) is 6.18. The molecule has 0 saturated carbocycles. The van der Waals surface area contributed by atoms with E-state index in [1.54, 1.807) is 0 Å². The molecule has 0 aliphatic carbocycles. The predicted molar refractivity (Wildman–Crippen MR) is 144 cm³/mol. The first-order chi connectivity index (χ1) is 16.4. The van der Waals surface area contributed by atoms with Gasteiger partial charge in [0.15, 0.2) is 5.11 Å². The number of benzene rings is 3. The van der Waals surface area contributed by atoms with E-state index in [0.29, 0.717) is 30.4 Å². The lowest BCUT2D eigenvalue weighted by Gasteiger charge is -2.26. The molecule has 4 aromatic rings. The highest BCUT2D eigenvalue weighted by Crippen LogP contribution is 2.20. The summed E-state index contributed by atoms with van der Waals surface area (Å²) in [4.78, 5) is 18.0. The molecule has 4 rings (SSSR count). The summed E-state index contributed by atoms with van der Waals surface area (Å²) < 4.78 is 5.53. The van der Waals surface area contributed by atoms with Gasteiger partial charge in [-0.1, -0.05) is 30.3 Å². The van der Waals surface area contributed by atoms with Crippen LogP contribution in [0.4, 0.5) is 5.69 Å². The SMILES string of the molecule is CCOc1ccc(NC(=S)N(Cc2ccccc2)Cc2cc3cc(C)c(C)cc3[nH]c2=O)cc1. The first-order valence-corrected chi connectivity index (χ1v) is 11.8. The maximum atomic E-state index is 12.9. The topological polar surface area (TPSA) is 57.4 Å². The smallest absolute Gasteiger partial charge is 0.253 e. The number of thiocarbonyl (C=S) groups is 1. The zero-order valence-electron chi connectivity index (χ0n) is 19.7. The molecule has 0 radical (unpaired) electrons. The van der Waals surface area contributed by atoms with Crippen LogP contribution in [0.3, 0.4) is 0 Å². The minimum Gasteiger partial charge on any atom is -0.494 e. The minimum absolute atomic E-state index is 0.0994. The highest BCUT2D eigenvalue weighted by atomic mass is 32.1. The van der Waals surface area contributed by atoms with Crippen molar-refractivity contribution < 1.29 is 4.74 Å². The summed E-state index contributed by atoms with van der Waals surface area (Å²) in [5.74, 6) is 0.813. The summed E-state index contributed by atoms with van der Waals surface area (Å²) in [6, 6.07) is 23.9. The number of ether oxygens (including phenoxy) is 1. The van der Waals surface area contributed by atoms with Gasteiger partial charge in [-0.05, 0) is 97.5 Å². The maximum Gasteiger partial charge on any atom is 0.253 e. The maximum absolute atomic E-state index is 12.9. The van der Waals surface area contributed by atoms with Crippen LogP contribution < -0.4 is 15.6 Å². The van der Waals surface area contributed by atoms with E-state index in [1.165, 1.54) is 5.56 Å². The van der Waals surface area contributed by atoms with Gasteiger partial charge in [-0.3, -0.25) is 4.79 Å². The number of anilines is 1. The van der Waals surface area contributed by atoms with Gasteiger partial charge in [0.1, 0.15) is 5.75 Å². The molecule has 0 spiro atoms. The Kier molecular flexibility index (Phi) is 7.28. The summed E-state index contributed by atoms with van der Waals surface area (Å²) >= 11 is 5.79. The Hall–Kier alpha value is -3.64. The van der Waals surface area contributed by atoms with Crippen molar-refractivity contribution in [1.29, 1.82) is 0 Å². The van der Waals surface area contributed by atoms with Crippen LogP contribution >= 0.6 is 12.2 Å². The van der Waals surface area contributed by atoms with Crippen LogP contribution in [0.15, 0.2) is 77.6 Å². The molecule has 0 amide bonds. The van der Waals surface area contributed by atoms with E-state index in [9.17, 15) is 4.79 Å². The number of H-pyrrole nitrogens is 1. The predicted octanol–water partition coefficient (Wildman–Crippen LogP) is 5.94. The van der Waals surface area contributed by atoms with Gasteiger partial charge in [0.25, 0.3) is 5.56 Å². The Bertz CT molecular complexity index is 1350. The fourth-order valence-corrected chi connectivity index (χ4v) is 4.10. The molecule has 0 aliphatic heterocycles. The van der Waals surface area contributed by atoms with Gasteiger partial charge in [0.05, 0.1) is 13.2 Å². The Labute approximate surface area is 205 Å². The van der Waals surface area contributed by atoms with E-state index in [4.69, 9.17) is 17.0 Å². The lowest BCUT2D eigenvalue weighted by molar-refractivity contribution is 0.340. The van der Waals surface area contributed by atoms with Crippen molar-refractivity contribution in [3.8, 4) is 5.75 Å². The van der Waals surface area contributed by atoms with Crippen LogP contribution in [0, 0.1) is 13.8 Å². The van der Waals surface area contributed by atoms with Gasteiger partial charge in [-0.25, -0.2) is 0 Å². The molecule has 3 aromatic carbocycles. The van der Waals surface area contributed by atoms with Crippen molar-refractivity contribution in [2.24, 2.45) is 0 Å². The number of hydrogen-bond donors (Lipinski definition) is 2. The number of nitrogens with zero attached hydrogens (tertiary/aromatic N) is 1. The number of nitrogens with one attached hydrogen (secondary N) is 2. The third-order valence-electron chi connectivity index (χ3n) is 5.82. The molecule has 1 heterocycles. The van der Waals surface area contributed by atoms with Crippen molar-refractivity contribution in [3.63, 3.8) is 0 Å². The molecular formula is C28H29N3O2S. The first kappa shape index (κ1) is 23.5. The molecule has 1 aromatic heterocycles. The molecular weight excluding hydrogens is 442 g/mol. The monoisotopic (exact) mass is 471 g/mol. The number of pyridine rings is 1. The summed E-state index contributed by atoms with van der Waals surface area (Å²) in [6.45, 7) is 7.67. The summed E-state index contributed by atoms with van der Waals surface area (Å²) in [5.41, 5.74) is 5.75. The van der Waals surface area contributed by atoms with Crippen LogP contribution in [0.25, 0.3) is 10.9 Å². The fraction of sp³-hybridized carbons (Fsp3) is 0.214. The van der Waals surface area contributed by atoms with Crippen LogP contribution in [0.2, 0.25) is 0 Å². The molecule has 0 atom stereocenters. The average Bonchev–Trinajstić information content (AvgIpc) is 2.82. The molecule has 34 heavy (non-hydrogen) atoms. The molecule has 0 fully saturated rings. The van der Waals surface area contributed by atoms with Gasteiger partial charge >= 0.3 is 0 Å². The van der Waals surface area contributed by atoms with E-state index in [1.807, 2.05) is 73.3 Å². The summed E-state index contributed by atoms with van der Waals surface area (Å²) in [7, 11) is 0. The number of rotatable bonds is 7. The highest BCUT2D eigenvalue weighted by Gasteiger charge is 2.15. The summed E-state index contributed by atoms with van der Waals surface area (Å²) in [6.07, 6.45) is 0. The van der Waals surface area contributed by atoms with Gasteiger partial charge in [-0.15, -0.1) is 0 Å². The molecule has 2 N–H and O–H groups in total. The van der Waals surface area contributed by atoms with E-state index < -0.39 is 0 Å². The minimum atomic E-state index is -0.0994. The standard InChI is InChI=1S/C28H29N3O2S/c1-4-33-25-12-10-24(11-13-25)29-28(34)31(17-21-8-6-5-7-9-21)18-23-16-22-14-19(2)20(3)15-26(22)30-27(23)32/h5-16H,4,17-18H2,1-3H3,(H,29,34)(H,30,32). The zero-order chi connectivity index (χ0) is 24.1. The number of fused-ring (bicyclic) bond motifs is 1. The number of aryl methyl sites for hydroxylation is 2. The van der Waals surface area contributed by atoms with E-state index in [-0.39, 0.29) is 5.56 Å². The zero-order valence-corrected chi connectivity index (χ0v) is 20.5. The quantitative estimate of drug-likeness (QED) is 0.327. The van der Waals surface area contributed by atoms with Crippen LogP contribution in [0.5, 0.6) is 5.75 Å². The third kappa shape index (κ3) is 5.64. The molecule has 5 nitrogen and oxygen atoms in total. The second-order valence-corrected chi connectivity index (χ2v) is 8.76. The lowest BCUT2D eigenvalue weighted by Crippen LogP contribution is -2.35. The highest BCUT2D eigenvalue weighted by molar-refractivity contribution is 7.80. The number of aromatic amines is 1. The molecule has 174 valence electrons. The van der Waals surface area contributed by atoms with E-state index >= 15 is 0 Å².